The summed E-state index contributed by atoms with van der Waals surface area (Å²) in [5.74, 6) is 0.548. The standard InChI is InChI=1S/C17H22N4O2.ClH/c1-4-19(5-2)11-12-21-13-8-9-15(23-3)18-16(13)20-10-6-7-14(20)17(21)22;/h6-10H,4-5,11-12H2,1-3H3;1H. The van der Waals surface area contributed by atoms with E-state index in [4.69, 9.17) is 4.74 Å². The van der Waals surface area contributed by atoms with Gasteiger partial charge in [0.05, 0.1) is 38.8 Å². The number of hydrogen-bond acceptors (Lipinski definition) is 3. The predicted molar refractivity (Wildman–Crippen MR) is 90.4 cm³/mol. The highest BCUT2D eigenvalue weighted by atomic mass is 35.5. The summed E-state index contributed by atoms with van der Waals surface area (Å²) in [6.45, 7) is 8.06. The fourth-order valence-electron chi connectivity index (χ4n) is 3.01. The molecule has 0 aliphatic rings. The van der Waals surface area contributed by atoms with Gasteiger partial charge in [0.1, 0.15) is 5.52 Å². The molecule has 0 spiro atoms. The van der Waals surface area contributed by atoms with Crippen LogP contribution in [0.15, 0.2) is 35.3 Å². The number of rotatable bonds is 6. The summed E-state index contributed by atoms with van der Waals surface area (Å²) in [6, 6.07) is 7.43. The Morgan fingerprint density at radius 3 is 2.58 bits per heavy atom. The van der Waals surface area contributed by atoms with Gasteiger partial charge in [-0.15, -0.1) is 0 Å². The molecular formula is C17H23ClN4O2. The molecule has 3 aromatic rings. The van der Waals surface area contributed by atoms with E-state index in [0.29, 0.717) is 17.9 Å². The van der Waals surface area contributed by atoms with Crippen LogP contribution in [-0.4, -0.2) is 40.7 Å². The quantitative estimate of drug-likeness (QED) is 0.539. The van der Waals surface area contributed by atoms with Crippen LogP contribution in [0.1, 0.15) is 13.8 Å². The SMILES string of the molecule is CC[NH+](CC)CCn1c(=O)c2cccn2c2nc(OC)ccc21.[Cl-]. The zero-order chi connectivity index (χ0) is 16.4. The van der Waals surface area contributed by atoms with Crippen molar-refractivity contribution in [2.45, 2.75) is 20.4 Å². The number of halogens is 1. The van der Waals surface area contributed by atoms with Gasteiger partial charge in [0.2, 0.25) is 5.88 Å². The Bertz CT molecular complexity index is 883. The van der Waals surface area contributed by atoms with Gasteiger partial charge < -0.3 is 22.0 Å². The summed E-state index contributed by atoms with van der Waals surface area (Å²) in [7, 11) is 1.60. The Labute approximate surface area is 147 Å². The molecule has 0 unspecified atom stereocenters. The van der Waals surface area contributed by atoms with Gasteiger partial charge in [-0.1, -0.05) is 0 Å². The largest absolute Gasteiger partial charge is 1.00 e. The van der Waals surface area contributed by atoms with Crippen LogP contribution >= 0.6 is 0 Å². The summed E-state index contributed by atoms with van der Waals surface area (Å²) in [5.41, 5.74) is 2.26. The molecule has 0 saturated carbocycles. The van der Waals surface area contributed by atoms with Crippen LogP contribution in [-0.2, 0) is 6.54 Å². The lowest BCUT2D eigenvalue weighted by molar-refractivity contribution is -0.897. The smallest absolute Gasteiger partial charge is 0.275 e. The molecule has 6 nitrogen and oxygen atoms in total. The first-order valence-electron chi connectivity index (χ1n) is 8.07. The first-order chi connectivity index (χ1) is 11.2. The second-order valence-electron chi connectivity index (χ2n) is 5.62. The van der Waals surface area contributed by atoms with Gasteiger partial charge in [0.25, 0.3) is 5.56 Å². The van der Waals surface area contributed by atoms with Crippen molar-refractivity contribution in [2.75, 3.05) is 26.7 Å². The van der Waals surface area contributed by atoms with Crippen molar-refractivity contribution < 1.29 is 22.0 Å². The zero-order valence-electron chi connectivity index (χ0n) is 14.3. The lowest BCUT2D eigenvalue weighted by Gasteiger charge is -2.17. The number of ether oxygens (including phenoxy) is 1. The highest BCUT2D eigenvalue weighted by Crippen LogP contribution is 2.17. The molecule has 0 aliphatic carbocycles. The minimum atomic E-state index is 0. The summed E-state index contributed by atoms with van der Waals surface area (Å²) >= 11 is 0. The van der Waals surface area contributed by atoms with Crippen LogP contribution < -0.4 is 27.6 Å². The average Bonchev–Trinajstić information content (AvgIpc) is 3.08. The van der Waals surface area contributed by atoms with E-state index in [9.17, 15) is 4.79 Å². The number of fused-ring (bicyclic) bond motifs is 3. The normalized spacial score (nSPS) is 11.2. The average molecular weight is 351 g/mol. The molecule has 0 saturated heterocycles. The molecule has 3 heterocycles. The van der Waals surface area contributed by atoms with Gasteiger partial charge >= 0.3 is 0 Å². The van der Waals surface area contributed by atoms with Crippen molar-refractivity contribution in [1.29, 1.82) is 0 Å². The van der Waals surface area contributed by atoms with E-state index in [2.05, 4.69) is 18.8 Å². The third-order valence-electron chi connectivity index (χ3n) is 4.46. The van der Waals surface area contributed by atoms with Crippen LogP contribution in [0.25, 0.3) is 16.7 Å². The van der Waals surface area contributed by atoms with E-state index in [1.807, 2.05) is 33.4 Å². The molecule has 130 valence electrons. The molecule has 0 fully saturated rings. The van der Waals surface area contributed by atoms with Gasteiger partial charge in [-0.3, -0.25) is 13.8 Å². The number of quaternary nitrogens is 1. The lowest BCUT2D eigenvalue weighted by atomic mass is 10.3. The van der Waals surface area contributed by atoms with Gasteiger partial charge in [-0.25, -0.2) is 0 Å². The Balaban J connectivity index is 0.00000208. The number of likely N-dealkylation sites (N-methyl/N-ethyl adjacent to an activating group) is 1. The molecule has 0 aliphatic heterocycles. The maximum atomic E-state index is 12.8. The molecule has 0 atom stereocenters. The number of nitrogens with one attached hydrogen (secondary N) is 1. The molecule has 0 aromatic carbocycles. The van der Waals surface area contributed by atoms with E-state index in [1.165, 1.54) is 4.90 Å². The van der Waals surface area contributed by atoms with Crippen LogP contribution in [0.4, 0.5) is 0 Å². The maximum absolute atomic E-state index is 12.8. The second kappa shape index (κ2) is 7.68. The third kappa shape index (κ3) is 3.12. The molecule has 0 amide bonds. The van der Waals surface area contributed by atoms with Crippen LogP contribution in [0.3, 0.4) is 0 Å². The molecule has 7 heteroatoms. The minimum Gasteiger partial charge on any atom is -1.00 e. The minimum absolute atomic E-state index is 0. The van der Waals surface area contributed by atoms with Crippen molar-refractivity contribution in [3.05, 3.63) is 40.8 Å². The molecule has 3 rings (SSSR count). The van der Waals surface area contributed by atoms with E-state index in [0.717, 1.165) is 30.8 Å². The molecule has 0 bridgehead atoms. The number of aromatic nitrogens is 3. The Hall–Kier alpha value is -2.05. The van der Waals surface area contributed by atoms with E-state index < -0.39 is 0 Å². The highest BCUT2D eigenvalue weighted by molar-refractivity contribution is 5.75. The topological polar surface area (TPSA) is 53.0 Å². The lowest BCUT2D eigenvalue weighted by Crippen LogP contribution is -3.11. The van der Waals surface area contributed by atoms with Gasteiger partial charge in [0.15, 0.2) is 5.65 Å². The molecule has 1 N–H and O–H groups in total. The number of nitrogens with zero attached hydrogens (tertiary/aromatic N) is 3. The molecule has 0 radical (unpaired) electrons. The van der Waals surface area contributed by atoms with Crippen molar-refractivity contribution in [3.63, 3.8) is 0 Å². The fourth-order valence-corrected chi connectivity index (χ4v) is 3.01. The maximum Gasteiger partial charge on any atom is 0.275 e. The van der Waals surface area contributed by atoms with Gasteiger partial charge in [0, 0.05) is 12.3 Å². The van der Waals surface area contributed by atoms with Crippen molar-refractivity contribution in [1.82, 2.24) is 14.0 Å². The van der Waals surface area contributed by atoms with Crippen molar-refractivity contribution in [2.24, 2.45) is 0 Å². The number of hydrogen-bond donors (Lipinski definition) is 1. The van der Waals surface area contributed by atoms with Crippen molar-refractivity contribution in [3.8, 4) is 5.88 Å². The van der Waals surface area contributed by atoms with Gasteiger partial charge in [-0.2, -0.15) is 4.98 Å². The zero-order valence-corrected chi connectivity index (χ0v) is 15.0. The Kier molecular flexibility index (Phi) is 5.85. The third-order valence-corrected chi connectivity index (χ3v) is 4.46. The predicted octanol–water partition coefficient (Wildman–Crippen LogP) is -2.41. The van der Waals surface area contributed by atoms with E-state index in [-0.39, 0.29) is 18.0 Å². The molecular weight excluding hydrogens is 328 g/mol. The Morgan fingerprint density at radius 2 is 1.92 bits per heavy atom. The van der Waals surface area contributed by atoms with E-state index >= 15 is 0 Å². The van der Waals surface area contributed by atoms with Crippen LogP contribution in [0.5, 0.6) is 5.88 Å². The number of methoxy groups -OCH3 is 1. The summed E-state index contributed by atoms with van der Waals surface area (Å²) in [5, 5.41) is 0. The van der Waals surface area contributed by atoms with Gasteiger partial charge in [-0.05, 0) is 32.0 Å². The summed E-state index contributed by atoms with van der Waals surface area (Å²) in [4.78, 5) is 18.8. The molecule has 3 aromatic heterocycles. The van der Waals surface area contributed by atoms with Crippen molar-refractivity contribution >= 4 is 16.7 Å². The monoisotopic (exact) mass is 350 g/mol. The van der Waals surface area contributed by atoms with Crippen LogP contribution in [0.2, 0.25) is 0 Å². The fraction of sp³-hybridized carbons (Fsp3) is 0.412. The summed E-state index contributed by atoms with van der Waals surface area (Å²) in [6.07, 6.45) is 1.87. The Morgan fingerprint density at radius 1 is 1.17 bits per heavy atom. The number of pyridine rings is 1. The molecule has 24 heavy (non-hydrogen) atoms. The summed E-state index contributed by atoms with van der Waals surface area (Å²) < 4.78 is 8.90. The van der Waals surface area contributed by atoms with Crippen LogP contribution in [0, 0.1) is 0 Å². The highest BCUT2D eigenvalue weighted by Gasteiger charge is 2.14. The van der Waals surface area contributed by atoms with E-state index in [1.54, 1.807) is 13.2 Å². The second-order valence-corrected chi connectivity index (χ2v) is 5.62. The first kappa shape index (κ1) is 18.3. The first-order valence-corrected chi connectivity index (χ1v) is 8.07.